The van der Waals surface area contributed by atoms with Gasteiger partial charge < -0.3 is 10.1 Å². The van der Waals surface area contributed by atoms with E-state index in [9.17, 15) is 4.39 Å². The molecule has 2 rings (SSSR count). The Morgan fingerprint density at radius 3 is 2.80 bits per heavy atom. The zero-order chi connectivity index (χ0) is 14.7. The summed E-state index contributed by atoms with van der Waals surface area (Å²) in [6, 6.07) is 6.77. The lowest BCUT2D eigenvalue weighted by Crippen LogP contribution is -2.18. The van der Waals surface area contributed by atoms with Crippen LogP contribution in [-0.4, -0.2) is 16.3 Å². The third-order valence-electron chi connectivity index (χ3n) is 3.14. The minimum atomic E-state index is -0.369. The molecule has 1 unspecified atom stereocenters. The molecular weight excluding hydrogens is 257 g/mol. The van der Waals surface area contributed by atoms with Gasteiger partial charge in [0.05, 0.1) is 5.69 Å². The summed E-state index contributed by atoms with van der Waals surface area (Å²) in [6.07, 6.45) is 0. The van der Waals surface area contributed by atoms with Gasteiger partial charge in [-0.05, 0) is 26.5 Å². The number of aromatic nitrogens is 2. The van der Waals surface area contributed by atoms with E-state index in [1.165, 1.54) is 6.07 Å². The summed E-state index contributed by atoms with van der Waals surface area (Å²) in [6.45, 7) is 6.68. The van der Waals surface area contributed by atoms with E-state index >= 15 is 0 Å². The van der Waals surface area contributed by atoms with E-state index in [1.54, 1.807) is 23.9 Å². The summed E-state index contributed by atoms with van der Waals surface area (Å²) in [4.78, 5) is 0. The largest absolute Gasteiger partial charge is 0.436 e. The zero-order valence-corrected chi connectivity index (χ0v) is 12.3. The number of nitrogens with one attached hydrogen (secondary N) is 1. The van der Waals surface area contributed by atoms with Gasteiger partial charge in [0.1, 0.15) is 0 Å². The number of hydrogen-bond donors (Lipinski definition) is 1. The number of benzene rings is 1. The molecule has 1 N–H and O–H groups in total. The van der Waals surface area contributed by atoms with Crippen LogP contribution in [0.2, 0.25) is 0 Å². The first-order valence-electron chi connectivity index (χ1n) is 6.73. The van der Waals surface area contributed by atoms with Crippen molar-refractivity contribution in [1.29, 1.82) is 0 Å². The molecule has 1 aromatic carbocycles. The Morgan fingerprint density at radius 2 is 2.20 bits per heavy atom. The van der Waals surface area contributed by atoms with Gasteiger partial charge >= 0.3 is 0 Å². The summed E-state index contributed by atoms with van der Waals surface area (Å²) in [5, 5.41) is 7.47. The third-order valence-corrected chi connectivity index (χ3v) is 3.14. The van der Waals surface area contributed by atoms with Gasteiger partial charge in [0.15, 0.2) is 11.6 Å². The highest BCUT2D eigenvalue weighted by molar-refractivity contribution is 5.39. The molecule has 0 aliphatic heterocycles. The Bertz CT molecular complexity index is 595. The predicted molar refractivity (Wildman–Crippen MR) is 76.5 cm³/mol. The molecule has 0 bridgehead atoms. The van der Waals surface area contributed by atoms with Gasteiger partial charge in [0.25, 0.3) is 0 Å². The SMILES string of the molecule is CCNC(C)c1cccc(F)c1Oc1cc(C)nn1C. The van der Waals surface area contributed by atoms with Crippen LogP contribution < -0.4 is 10.1 Å². The number of ether oxygens (including phenoxy) is 1. The van der Waals surface area contributed by atoms with Gasteiger partial charge in [-0.15, -0.1) is 0 Å². The van der Waals surface area contributed by atoms with Crippen molar-refractivity contribution in [3.05, 3.63) is 41.3 Å². The van der Waals surface area contributed by atoms with Crippen LogP contribution in [0.25, 0.3) is 0 Å². The minimum Gasteiger partial charge on any atom is -0.436 e. The molecule has 0 aliphatic rings. The fourth-order valence-corrected chi connectivity index (χ4v) is 2.18. The first kappa shape index (κ1) is 14.5. The maximum Gasteiger partial charge on any atom is 0.217 e. The van der Waals surface area contributed by atoms with Crippen molar-refractivity contribution in [1.82, 2.24) is 15.1 Å². The van der Waals surface area contributed by atoms with Gasteiger partial charge in [-0.1, -0.05) is 19.1 Å². The number of para-hydroxylation sites is 1. The van der Waals surface area contributed by atoms with Crippen molar-refractivity contribution in [3.63, 3.8) is 0 Å². The van der Waals surface area contributed by atoms with Crippen LogP contribution >= 0.6 is 0 Å². The number of halogens is 1. The van der Waals surface area contributed by atoms with E-state index in [-0.39, 0.29) is 17.6 Å². The zero-order valence-electron chi connectivity index (χ0n) is 12.3. The second kappa shape index (κ2) is 6.05. The molecule has 108 valence electrons. The number of rotatable bonds is 5. The highest BCUT2D eigenvalue weighted by Crippen LogP contribution is 2.32. The first-order valence-corrected chi connectivity index (χ1v) is 6.73. The van der Waals surface area contributed by atoms with Crippen LogP contribution in [-0.2, 0) is 7.05 Å². The van der Waals surface area contributed by atoms with Crippen molar-refractivity contribution < 1.29 is 9.13 Å². The van der Waals surface area contributed by atoms with Crippen LogP contribution in [0.4, 0.5) is 4.39 Å². The van der Waals surface area contributed by atoms with Crippen LogP contribution in [0.3, 0.4) is 0 Å². The van der Waals surface area contributed by atoms with Crippen molar-refractivity contribution in [2.45, 2.75) is 26.8 Å². The highest BCUT2D eigenvalue weighted by Gasteiger charge is 2.17. The van der Waals surface area contributed by atoms with E-state index < -0.39 is 0 Å². The van der Waals surface area contributed by atoms with E-state index in [2.05, 4.69) is 10.4 Å². The van der Waals surface area contributed by atoms with Crippen LogP contribution in [0.1, 0.15) is 31.1 Å². The van der Waals surface area contributed by atoms with Gasteiger partial charge in [0.2, 0.25) is 5.88 Å². The molecule has 0 aliphatic carbocycles. The molecule has 4 nitrogen and oxygen atoms in total. The third kappa shape index (κ3) is 2.99. The summed E-state index contributed by atoms with van der Waals surface area (Å²) in [7, 11) is 1.77. The van der Waals surface area contributed by atoms with Crippen LogP contribution in [0, 0.1) is 12.7 Å². The number of hydrogen-bond acceptors (Lipinski definition) is 3. The average Bonchev–Trinajstić information content (AvgIpc) is 2.70. The Kier molecular flexibility index (Phi) is 4.39. The lowest BCUT2D eigenvalue weighted by atomic mass is 10.1. The Morgan fingerprint density at radius 1 is 1.45 bits per heavy atom. The van der Waals surface area contributed by atoms with Gasteiger partial charge in [-0.2, -0.15) is 5.10 Å². The number of aryl methyl sites for hydroxylation is 2. The first-order chi connectivity index (χ1) is 9.52. The van der Waals surface area contributed by atoms with Crippen LogP contribution in [0.15, 0.2) is 24.3 Å². The fourth-order valence-electron chi connectivity index (χ4n) is 2.18. The summed E-state index contributed by atoms with van der Waals surface area (Å²) >= 11 is 0. The Labute approximate surface area is 118 Å². The molecule has 0 amide bonds. The lowest BCUT2D eigenvalue weighted by Gasteiger charge is -2.17. The molecule has 0 saturated heterocycles. The van der Waals surface area contributed by atoms with E-state index in [4.69, 9.17) is 4.74 Å². The quantitative estimate of drug-likeness (QED) is 0.911. The van der Waals surface area contributed by atoms with Crippen molar-refractivity contribution >= 4 is 0 Å². The smallest absolute Gasteiger partial charge is 0.217 e. The topological polar surface area (TPSA) is 39.1 Å². The molecule has 1 atom stereocenters. The normalized spacial score (nSPS) is 12.4. The lowest BCUT2D eigenvalue weighted by molar-refractivity contribution is 0.392. The average molecular weight is 277 g/mol. The van der Waals surface area contributed by atoms with Crippen molar-refractivity contribution in [2.75, 3.05) is 6.54 Å². The summed E-state index contributed by atoms with van der Waals surface area (Å²) < 4.78 is 21.4. The van der Waals surface area contributed by atoms with Gasteiger partial charge in [-0.3, -0.25) is 0 Å². The molecule has 2 aromatic rings. The molecular formula is C15H20FN3O. The molecule has 0 radical (unpaired) electrons. The van der Waals surface area contributed by atoms with Gasteiger partial charge in [0, 0.05) is 24.7 Å². The molecule has 1 heterocycles. The monoisotopic (exact) mass is 277 g/mol. The van der Waals surface area contributed by atoms with E-state index in [1.807, 2.05) is 26.8 Å². The maximum absolute atomic E-state index is 14.1. The van der Waals surface area contributed by atoms with E-state index in [0.29, 0.717) is 5.88 Å². The molecule has 0 fully saturated rings. The standard InChI is InChI=1S/C15H20FN3O/c1-5-17-11(3)12-7-6-8-13(16)15(12)20-14-9-10(2)18-19(14)4/h6-9,11,17H,5H2,1-4H3. The fraction of sp³-hybridized carbons (Fsp3) is 0.400. The maximum atomic E-state index is 14.1. The highest BCUT2D eigenvalue weighted by atomic mass is 19.1. The molecule has 1 aromatic heterocycles. The molecule has 0 saturated carbocycles. The Hall–Kier alpha value is -1.88. The minimum absolute atomic E-state index is 0.0139. The molecule has 0 spiro atoms. The van der Waals surface area contributed by atoms with E-state index in [0.717, 1.165) is 17.8 Å². The summed E-state index contributed by atoms with van der Waals surface area (Å²) in [5.74, 6) is 0.410. The second-order valence-corrected chi connectivity index (χ2v) is 4.79. The molecule has 5 heteroatoms. The van der Waals surface area contributed by atoms with Crippen LogP contribution in [0.5, 0.6) is 11.6 Å². The van der Waals surface area contributed by atoms with Crippen molar-refractivity contribution in [2.24, 2.45) is 7.05 Å². The second-order valence-electron chi connectivity index (χ2n) is 4.79. The summed E-state index contributed by atoms with van der Waals surface area (Å²) in [5.41, 5.74) is 1.63. The predicted octanol–water partition coefficient (Wildman–Crippen LogP) is 3.33. The Balaban J connectivity index is 2.37. The molecule has 20 heavy (non-hydrogen) atoms. The van der Waals surface area contributed by atoms with Crippen molar-refractivity contribution in [3.8, 4) is 11.6 Å². The number of nitrogens with zero attached hydrogens (tertiary/aromatic N) is 2. The van der Waals surface area contributed by atoms with Gasteiger partial charge in [-0.25, -0.2) is 9.07 Å².